The zero-order valence-electron chi connectivity index (χ0n) is 9.23. The summed E-state index contributed by atoms with van der Waals surface area (Å²) in [6.07, 6.45) is 1.74. The fourth-order valence-electron chi connectivity index (χ4n) is 1.30. The Morgan fingerprint density at radius 3 is 2.75 bits per heavy atom. The summed E-state index contributed by atoms with van der Waals surface area (Å²) in [6, 6.07) is 7.29. The van der Waals surface area contributed by atoms with Gasteiger partial charge in [0.1, 0.15) is 0 Å². The van der Waals surface area contributed by atoms with Crippen molar-refractivity contribution >= 4 is 15.9 Å². The maximum absolute atomic E-state index is 11.3. The Hall–Kier alpha value is -1.11. The summed E-state index contributed by atoms with van der Waals surface area (Å²) in [6.45, 7) is 0.631. The summed E-state index contributed by atoms with van der Waals surface area (Å²) >= 11 is 0. The van der Waals surface area contributed by atoms with Crippen LogP contribution >= 0.6 is 0 Å². The van der Waals surface area contributed by atoms with Crippen LogP contribution in [0.2, 0.25) is 0 Å². The standard InChI is InChI=1S/C10H17N3O2S/c1-12-16(14,15)13-10-6-2-4-9(8-10)5-3-7-11/h2,4,6,8,12-13H,3,5,7,11H2,1H3. The van der Waals surface area contributed by atoms with Crippen LogP contribution in [-0.4, -0.2) is 22.0 Å². The summed E-state index contributed by atoms with van der Waals surface area (Å²) in [4.78, 5) is 0. The van der Waals surface area contributed by atoms with Crippen molar-refractivity contribution in [1.82, 2.24) is 4.72 Å². The molecule has 0 aliphatic rings. The van der Waals surface area contributed by atoms with Gasteiger partial charge in [-0.2, -0.15) is 8.42 Å². The van der Waals surface area contributed by atoms with E-state index in [1.165, 1.54) is 7.05 Å². The molecule has 0 amide bonds. The Morgan fingerprint density at radius 1 is 1.38 bits per heavy atom. The van der Waals surface area contributed by atoms with Crippen molar-refractivity contribution in [2.45, 2.75) is 12.8 Å². The molecule has 0 spiro atoms. The molecular weight excluding hydrogens is 226 g/mol. The monoisotopic (exact) mass is 243 g/mol. The number of nitrogens with two attached hydrogens (primary N) is 1. The van der Waals surface area contributed by atoms with Gasteiger partial charge in [-0.25, -0.2) is 4.72 Å². The molecule has 0 bridgehead atoms. The highest BCUT2D eigenvalue weighted by molar-refractivity contribution is 7.90. The molecule has 0 radical (unpaired) electrons. The number of anilines is 1. The second-order valence-corrected chi connectivity index (χ2v) is 5.02. The predicted octanol–water partition coefficient (Wildman–Crippen LogP) is 0.454. The van der Waals surface area contributed by atoms with Gasteiger partial charge in [-0.3, -0.25) is 4.72 Å². The molecule has 0 atom stereocenters. The van der Waals surface area contributed by atoms with E-state index in [1.54, 1.807) is 6.07 Å². The van der Waals surface area contributed by atoms with Crippen LogP contribution in [0.5, 0.6) is 0 Å². The molecular formula is C10H17N3O2S. The first-order valence-corrected chi connectivity index (χ1v) is 6.56. The Morgan fingerprint density at radius 2 is 2.12 bits per heavy atom. The van der Waals surface area contributed by atoms with E-state index in [9.17, 15) is 8.42 Å². The average Bonchev–Trinajstić information content (AvgIpc) is 2.26. The zero-order chi connectivity index (χ0) is 12.0. The first-order chi connectivity index (χ1) is 7.57. The van der Waals surface area contributed by atoms with Gasteiger partial charge in [0, 0.05) is 7.05 Å². The number of hydrogen-bond donors (Lipinski definition) is 3. The summed E-state index contributed by atoms with van der Waals surface area (Å²) in [5.41, 5.74) is 7.05. The van der Waals surface area contributed by atoms with Crippen LogP contribution in [0.15, 0.2) is 24.3 Å². The minimum Gasteiger partial charge on any atom is -0.330 e. The first-order valence-electron chi connectivity index (χ1n) is 5.07. The van der Waals surface area contributed by atoms with Gasteiger partial charge in [0.15, 0.2) is 0 Å². The Labute approximate surface area is 96.2 Å². The largest absolute Gasteiger partial charge is 0.330 e. The van der Waals surface area contributed by atoms with Gasteiger partial charge < -0.3 is 5.73 Å². The molecule has 0 aliphatic heterocycles. The number of nitrogens with one attached hydrogen (secondary N) is 2. The Bertz CT molecular complexity index is 431. The lowest BCUT2D eigenvalue weighted by atomic mass is 10.1. The smallest absolute Gasteiger partial charge is 0.298 e. The van der Waals surface area contributed by atoms with Crippen LogP contribution in [0, 0.1) is 0 Å². The fourth-order valence-corrected chi connectivity index (χ4v) is 1.84. The molecule has 0 fully saturated rings. The van der Waals surface area contributed by atoms with Crippen LogP contribution in [-0.2, 0) is 16.6 Å². The van der Waals surface area contributed by atoms with E-state index in [0.29, 0.717) is 12.2 Å². The van der Waals surface area contributed by atoms with Crippen molar-refractivity contribution in [3.05, 3.63) is 29.8 Å². The van der Waals surface area contributed by atoms with E-state index in [4.69, 9.17) is 5.73 Å². The minimum absolute atomic E-state index is 0.559. The summed E-state index contributed by atoms with van der Waals surface area (Å²) in [5, 5.41) is 0. The Balaban J connectivity index is 2.75. The summed E-state index contributed by atoms with van der Waals surface area (Å²) in [5.74, 6) is 0. The van der Waals surface area contributed by atoms with Gasteiger partial charge in [0.05, 0.1) is 5.69 Å². The van der Waals surface area contributed by atoms with E-state index < -0.39 is 10.2 Å². The van der Waals surface area contributed by atoms with Crippen LogP contribution < -0.4 is 15.2 Å². The van der Waals surface area contributed by atoms with Gasteiger partial charge in [0.25, 0.3) is 10.2 Å². The highest BCUT2D eigenvalue weighted by atomic mass is 32.2. The van der Waals surface area contributed by atoms with Gasteiger partial charge >= 0.3 is 0 Å². The third-order valence-electron chi connectivity index (χ3n) is 2.12. The maximum Gasteiger partial charge on any atom is 0.298 e. The zero-order valence-corrected chi connectivity index (χ0v) is 10.0. The summed E-state index contributed by atoms with van der Waals surface area (Å²) < 4.78 is 27.1. The normalized spacial score (nSPS) is 11.4. The van der Waals surface area contributed by atoms with Crippen LogP contribution in [0.4, 0.5) is 5.69 Å². The van der Waals surface area contributed by atoms with Crippen molar-refractivity contribution in [2.75, 3.05) is 18.3 Å². The van der Waals surface area contributed by atoms with Gasteiger partial charge in [-0.1, -0.05) is 12.1 Å². The van der Waals surface area contributed by atoms with Gasteiger partial charge in [-0.15, -0.1) is 0 Å². The molecule has 5 nitrogen and oxygen atoms in total. The van der Waals surface area contributed by atoms with E-state index in [2.05, 4.69) is 9.44 Å². The molecule has 1 aromatic rings. The van der Waals surface area contributed by atoms with Crippen LogP contribution in [0.3, 0.4) is 0 Å². The predicted molar refractivity (Wildman–Crippen MR) is 65.4 cm³/mol. The summed E-state index contributed by atoms with van der Waals surface area (Å²) in [7, 11) is -2.07. The minimum atomic E-state index is -3.43. The van der Waals surface area contributed by atoms with E-state index in [-0.39, 0.29) is 0 Å². The maximum atomic E-state index is 11.3. The molecule has 16 heavy (non-hydrogen) atoms. The lowest BCUT2D eigenvalue weighted by Crippen LogP contribution is -2.26. The van der Waals surface area contributed by atoms with Gasteiger partial charge in [0.2, 0.25) is 0 Å². The van der Waals surface area contributed by atoms with E-state index in [0.717, 1.165) is 18.4 Å². The third-order valence-corrected chi connectivity index (χ3v) is 3.16. The highest BCUT2D eigenvalue weighted by Crippen LogP contribution is 2.12. The van der Waals surface area contributed by atoms with Crippen molar-refractivity contribution in [2.24, 2.45) is 5.73 Å². The molecule has 0 unspecified atom stereocenters. The second kappa shape index (κ2) is 5.83. The molecule has 0 aromatic heterocycles. The molecule has 4 N–H and O–H groups in total. The molecule has 90 valence electrons. The van der Waals surface area contributed by atoms with Crippen LogP contribution in [0.25, 0.3) is 0 Å². The fraction of sp³-hybridized carbons (Fsp3) is 0.400. The molecule has 0 aliphatic carbocycles. The van der Waals surface area contributed by atoms with Crippen molar-refractivity contribution < 1.29 is 8.42 Å². The van der Waals surface area contributed by atoms with Crippen molar-refractivity contribution in [3.63, 3.8) is 0 Å². The first kappa shape index (κ1) is 13.0. The SMILES string of the molecule is CNS(=O)(=O)Nc1cccc(CCCN)c1. The quantitative estimate of drug-likeness (QED) is 0.678. The number of hydrogen-bond acceptors (Lipinski definition) is 3. The van der Waals surface area contributed by atoms with E-state index in [1.807, 2.05) is 18.2 Å². The molecule has 6 heteroatoms. The number of aryl methyl sites for hydroxylation is 1. The topological polar surface area (TPSA) is 84.2 Å². The molecule has 0 saturated heterocycles. The number of rotatable bonds is 6. The number of benzene rings is 1. The Kier molecular flexibility index (Phi) is 4.72. The van der Waals surface area contributed by atoms with E-state index >= 15 is 0 Å². The van der Waals surface area contributed by atoms with Gasteiger partial charge in [-0.05, 0) is 37.1 Å². The third kappa shape index (κ3) is 4.18. The van der Waals surface area contributed by atoms with Crippen LogP contribution in [0.1, 0.15) is 12.0 Å². The lowest BCUT2D eigenvalue weighted by Gasteiger charge is -2.08. The average molecular weight is 243 g/mol. The molecule has 0 saturated carbocycles. The molecule has 1 rings (SSSR count). The molecule has 1 aromatic carbocycles. The highest BCUT2D eigenvalue weighted by Gasteiger charge is 2.05. The lowest BCUT2D eigenvalue weighted by molar-refractivity contribution is 0.593. The second-order valence-electron chi connectivity index (χ2n) is 3.40. The van der Waals surface area contributed by atoms with Crippen molar-refractivity contribution in [3.8, 4) is 0 Å². The molecule has 0 heterocycles. The van der Waals surface area contributed by atoms with Crippen molar-refractivity contribution in [1.29, 1.82) is 0 Å².